The molecule has 1 saturated heterocycles. The van der Waals surface area contributed by atoms with Crippen molar-refractivity contribution in [1.82, 2.24) is 9.88 Å². The molecule has 3 nitrogen and oxygen atoms in total. The van der Waals surface area contributed by atoms with Crippen LogP contribution in [0.4, 0.5) is 0 Å². The highest BCUT2D eigenvalue weighted by atomic mass is 79.9. The van der Waals surface area contributed by atoms with Crippen molar-refractivity contribution in [2.75, 3.05) is 6.54 Å². The van der Waals surface area contributed by atoms with Gasteiger partial charge in [0.05, 0.1) is 10.9 Å². The lowest BCUT2D eigenvalue weighted by molar-refractivity contribution is -0.131. The molecule has 1 aromatic heterocycles. The van der Waals surface area contributed by atoms with Gasteiger partial charge in [-0.05, 0) is 37.0 Å². The Hall–Kier alpha value is -0.900. The summed E-state index contributed by atoms with van der Waals surface area (Å²) >= 11 is 3.45. The normalized spacial score (nSPS) is 21.5. The maximum atomic E-state index is 12.2. The van der Waals surface area contributed by atoms with Crippen molar-refractivity contribution < 1.29 is 4.79 Å². The third-order valence-electron chi connectivity index (χ3n) is 3.25. The van der Waals surface area contributed by atoms with Crippen LogP contribution in [0.3, 0.4) is 0 Å². The van der Waals surface area contributed by atoms with Crippen molar-refractivity contribution in [3.05, 3.63) is 30.1 Å². The van der Waals surface area contributed by atoms with E-state index in [2.05, 4.69) is 20.9 Å². The largest absolute Gasteiger partial charge is 0.335 e. The number of nitrogens with zero attached hydrogens (tertiary/aromatic N) is 2. The Labute approximate surface area is 110 Å². The molecular formula is C13H17BrN2O. The number of amides is 1. The van der Waals surface area contributed by atoms with Gasteiger partial charge in [0.2, 0.25) is 5.91 Å². The van der Waals surface area contributed by atoms with E-state index in [9.17, 15) is 4.79 Å². The second-order valence-electron chi connectivity index (χ2n) is 4.35. The third kappa shape index (κ3) is 2.68. The zero-order valence-electron chi connectivity index (χ0n) is 9.97. The quantitative estimate of drug-likeness (QED) is 0.804. The summed E-state index contributed by atoms with van der Waals surface area (Å²) in [7, 11) is 0. The summed E-state index contributed by atoms with van der Waals surface area (Å²) in [4.78, 5) is 18.2. The number of carbonyl (C=O) groups excluding carboxylic acids is 1. The first-order chi connectivity index (χ1) is 8.24. The molecule has 1 aliphatic heterocycles. The number of carbonyl (C=O) groups is 1. The molecule has 92 valence electrons. The number of likely N-dealkylation sites (tertiary alicyclic amines) is 1. The minimum atomic E-state index is -0.0510. The third-order valence-corrected chi connectivity index (χ3v) is 4.29. The second-order valence-corrected chi connectivity index (χ2v) is 5.45. The average molecular weight is 297 g/mol. The van der Waals surface area contributed by atoms with Crippen LogP contribution in [0.2, 0.25) is 0 Å². The lowest BCUT2D eigenvalue weighted by Gasteiger charge is -2.26. The number of halogens is 1. The van der Waals surface area contributed by atoms with Gasteiger partial charge in [0.1, 0.15) is 0 Å². The molecule has 0 aliphatic carbocycles. The highest BCUT2D eigenvalue weighted by Gasteiger charge is 2.32. The fraction of sp³-hybridized carbons (Fsp3) is 0.538. The Morgan fingerprint density at radius 1 is 1.59 bits per heavy atom. The van der Waals surface area contributed by atoms with Gasteiger partial charge in [0.25, 0.3) is 0 Å². The van der Waals surface area contributed by atoms with E-state index in [0.717, 1.165) is 25.8 Å². The summed E-state index contributed by atoms with van der Waals surface area (Å²) in [5.41, 5.74) is 1.20. The standard InChI is InChI=1S/C13H17BrN2O/c1-2-11(14)13(17)16-9-3-4-12(16)10-5-7-15-8-6-10/h5-8,11-12H,2-4,9H2,1H3. The Bertz CT molecular complexity index is 382. The minimum absolute atomic E-state index is 0.0510. The van der Waals surface area contributed by atoms with E-state index in [1.165, 1.54) is 5.56 Å². The molecule has 2 unspecified atom stereocenters. The van der Waals surface area contributed by atoms with Gasteiger partial charge in [-0.1, -0.05) is 22.9 Å². The first-order valence-corrected chi connectivity index (χ1v) is 7.00. The van der Waals surface area contributed by atoms with Crippen LogP contribution < -0.4 is 0 Å². The molecule has 4 heteroatoms. The van der Waals surface area contributed by atoms with Gasteiger partial charge in [0, 0.05) is 18.9 Å². The van der Waals surface area contributed by atoms with Gasteiger partial charge >= 0.3 is 0 Å². The van der Waals surface area contributed by atoms with Crippen LogP contribution in [0, 0.1) is 0 Å². The molecule has 0 aromatic carbocycles. The maximum Gasteiger partial charge on any atom is 0.236 e. The predicted molar refractivity (Wildman–Crippen MR) is 70.9 cm³/mol. The average Bonchev–Trinajstić information content (AvgIpc) is 2.87. The fourth-order valence-electron chi connectivity index (χ4n) is 2.32. The van der Waals surface area contributed by atoms with Crippen LogP contribution in [0.25, 0.3) is 0 Å². The molecule has 0 radical (unpaired) electrons. The van der Waals surface area contributed by atoms with E-state index >= 15 is 0 Å². The number of aromatic nitrogens is 1. The van der Waals surface area contributed by atoms with Gasteiger partial charge < -0.3 is 4.90 Å². The number of alkyl halides is 1. The molecule has 1 aromatic rings. The van der Waals surface area contributed by atoms with Gasteiger partial charge in [-0.25, -0.2) is 0 Å². The monoisotopic (exact) mass is 296 g/mol. The van der Waals surface area contributed by atoms with Crippen molar-refractivity contribution in [3.63, 3.8) is 0 Å². The number of pyridine rings is 1. The smallest absolute Gasteiger partial charge is 0.236 e. The Kier molecular flexibility index (Phi) is 4.15. The van der Waals surface area contributed by atoms with Crippen LogP contribution in [-0.4, -0.2) is 27.2 Å². The molecule has 2 heterocycles. The highest BCUT2D eigenvalue weighted by molar-refractivity contribution is 9.10. The maximum absolute atomic E-state index is 12.2. The molecule has 0 N–H and O–H groups in total. The van der Waals surface area contributed by atoms with Gasteiger partial charge in [-0.3, -0.25) is 9.78 Å². The molecule has 0 bridgehead atoms. The van der Waals surface area contributed by atoms with E-state index in [-0.39, 0.29) is 16.8 Å². The van der Waals surface area contributed by atoms with Crippen molar-refractivity contribution in [2.24, 2.45) is 0 Å². The topological polar surface area (TPSA) is 33.2 Å². The Morgan fingerprint density at radius 3 is 2.94 bits per heavy atom. The molecule has 1 aliphatic rings. The van der Waals surface area contributed by atoms with E-state index in [0.29, 0.717) is 0 Å². The molecule has 0 spiro atoms. The van der Waals surface area contributed by atoms with Crippen molar-refractivity contribution in [3.8, 4) is 0 Å². The lowest BCUT2D eigenvalue weighted by Crippen LogP contribution is -2.35. The summed E-state index contributed by atoms with van der Waals surface area (Å²) < 4.78 is 0. The summed E-state index contributed by atoms with van der Waals surface area (Å²) in [6.07, 6.45) is 6.56. The zero-order valence-corrected chi connectivity index (χ0v) is 11.6. The Balaban J connectivity index is 2.15. The van der Waals surface area contributed by atoms with Crippen molar-refractivity contribution >= 4 is 21.8 Å². The van der Waals surface area contributed by atoms with Crippen LogP contribution in [0.5, 0.6) is 0 Å². The summed E-state index contributed by atoms with van der Waals surface area (Å²) in [6.45, 7) is 2.89. The number of rotatable bonds is 3. The van der Waals surface area contributed by atoms with Crippen molar-refractivity contribution in [2.45, 2.75) is 37.1 Å². The Morgan fingerprint density at radius 2 is 2.29 bits per heavy atom. The van der Waals surface area contributed by atoms with Crippen LogP contribution in [-0.2, 0) is 4.79 Å². The fourth-order valence-corrected chi connectivity index (χ4v) is 2.58. The van der Waals surface area contributed by atoms with E-state index in [1.54, 1.807) is 12.4 Å². The first kappa shape index (κ1) is 12.6. The minimum Gasteiger partial charge on any atom is -0.335 e. The highest BCUT2D eigenvalue weighted by Crippen LogP contribution is 2.32. The molecule has 1 fully saturated rings. The summed E-state index contributed by atoms with van der Waals surface area (Å²) in [5.74, 6) is 0.215. The zero-order chi connectivity index (χ0) is 12.3. The molecule has 2 atom stereocenters. The first-order valence-electron chi connectivity index (χ1n) is 6.08. The number of hydrogen-bond acceptors (Lipinski definition) is 2. The van der Waals surface area contributed by atoms with Crippen LogP contribution in [0.1, 0.15) is 37.8 Å². The second kappa shape index (κ2) is 5.63. The summed E-state index contributed by atoms with van der Waals surface area (Å²) in [6, 6.07) is 4.24. The molecular weight excluding hydrogens is 280 g/mol. The molecule has 17 heavy (non-hydrogen) atoms. The predicted octanol–water partition coefficient (Wildman–Crippen LogP) is 2.92. The molecule has 1 amide bonds. The number of hydrogen-bond donors (Lipinski definition) is 0. The van der Waals surface area contributed by atoms with Crippen LogP contribution >= 0.6 is 15.9 Å². The SMILES string of the molecule is CCC(Br)C(=O)N1CCCC1c1ccncc1. The van der Waals surface area contributed by atoms with Gasteiger partial charge in [0.15, 0.2) is 0 Å². The van der Waals surface area contributed by atoms with Gasteiger partial charge in [-0.2, -0.15) is 0 Å². The van der Waals surface area contributed by atoms with E-state index in [4.69, 9.17) is 0 Å². The van der Waals surface area contributed by atoms with Crippen LogP contribution in [0.15, 0.2) is 24.5 Å². The van der Waals surface area contributed by atoms with Gasteiger partial charge in [-0.15, -0.1) is 0 Å². The summed E-state index contributed by atoms with van der Waals surface area (Å²) in [5, 5.41) is 0. The molecule has 2 rings (SSSR count). The van der Waals surface area contributed by atoms with E-state index < -0.39 is 0 Å². The van der Waals surface area contributed by atoms with E-state index in [1.807, 2.05) is 24.0 Å². The molecule has 0 saturated carbocycles. The lowest BCUT2D eigenvalue weighted by atomic mass is 10.1. The van der Waals surface area contributed by atoms with Crippen molar-refractivity contribution in [1.29, 1.82) is 0 Å².